The fourth-order valence-electron chi connectivity index (χ4n) is 1.64. The van der Waals surface area contributed by atoms with Gasteiger partial charge in [0.2, 0.25) is 0 Å². The third kappa shape index (κ3) is 3.96. The largest absolute Gasteiger partial charge is 0.507 e. The standard InChI is InChI=1S/C14H11BrN2O4/c15-8-2-1-3-9(6-8)16-14(21)17-10-4-5-12(18)11(7-10)13(19)20/h1-7,18H,(H,19,20)(H2,16,17,21). The van der Waals surface area contributed by atoms with E-state index in [1.807, 2.05) is 6.07 Å². The summed E-state index contributed by atoms with van der Waals surface area (Å²) in [5.41, 5.74) is 0.562. The first-order chi connectivity index (χ1) is 9.95. The zero-order valence-electron chi connectivity index (χ0n) is 10.6. The Hall–Kier alpha value is -2.54. The summed E-state index contributed by atoms with van der Waals surface area (Å²) in [5.74, 6) is -1.64. The average molecular weight is 351 g/mol. The third-order valence-electron chi connectivity index (χ3n) is 2.57. The van der Waals surface area contributed by atoms with Crippen molar-refractivity contribution in [3.8, 4) is 5.75 Å². The van der Waals surface area contributed by atoms with Crippen molar-refractivity contribution in [3.05, 3.63) is 52.5 Å². The van der Waals surface area contributed by atoms with Crippen molar-refractivity contribution in [2.45, 2.75) is 0 Å². The van der Waals surface area contributed by atoms with Crippen LogP contribution in [0.25, 0.3) is 0 Å². The summed E-state index contributed by atoms with van der Waals surface area (Å²) < 4.78 is 0.818. The van der Waals surface area contributed by atoms with Crippen LogP contribution in [-0.2, 0) is 0 Å². The van der Waals surface area contributed by atoms with Crippen LogP contribution in [0, 0.1) is 0 Å². The molecule has 7 heteroatoms. The van der Waals surface area contributed by atoms with Crippen LogP contribution in [0.4, 0.5) is 16.2 Å². The topological polar surface area (TPSA) is 98.7 Å². The number of benzene rings is 2. The summed E-state index contributed by atoms with van der Waals surface area (Å²) >= 11 is 3.29. The van der Waals surface area contributed by atoms with Crippen LogP contribution in [0.5, 0.6) is 5.75 Å². The molecular formula is C14H11BrN2O4. The van der Waals surface area contributed by atoms with E-state index < -0.39 is 12.0 Å². The molecule has 0 unspecified atom stereocenters. The highest BCUT2D eigenvalue weighted by Gasteiger charge is 2.11. The minimum atomic E-state index is -1.27. The molecule has 2 aromatic rings. The smallest absolute Gasteiger partial charge is 0.339 e. The Labute approximate surface area is 128 Å². The number of hydrogen-bond acceptors (Lipinski definition) is 3. The monoisotopic (exact) mass is 350 g/mol. The highest BCUT2D eigenvalue weighted by atomic mass is 79.9. The Kier molecular flexibility index (Phi) is 4.44. The Morgan fingerprint density at radius 3 is 2.29 bits per heavy atom. The van der Waals surface area contributed by atoms with Crippen molar-refractivity contribution in [1.29, 1.82) is 0 Å². The highest BCUT2D eigenvalue weighted by Crippen LogP contribution is 2.22. The van der Waals surface area contributed by atoms with Crippen molar-refractivity contribution in [1.82, 2.24) is 0 Å². The lowest BCUT2D eigenvalue weighted by Gasteiger charge is -2.09. The van der Waals surface area contributed by atoms with E-state index in [2.05, 4.69) is 26.6 Å². The molecular weight excluding hydrogens is 340 g/mol. The predicted molar refractivity (Wildman–Crippen MR) is 81.8 cm³/mol. The average Bonchev–Trinajstić information content (AvgIpc) is 2.40. The first kappa shape index (κ1) is 14.9. The zero-order chi connectivity index (χ0) is 15.4. The van der Waals surface area contributed by atoms with E-state index in [9.17, 15) is 14.7 Å². The molecule has 0 aromatic heterocycles. The van der Waals surface area contributed by atoms with E-state index in [1.54, 1.807) is 18.2 Å². The first-order valence-electron chi connectivity index (χ1n) is 5.85. The number of urea groups is 1. The van der Waals surface area contributed by atoms with Gasteiger partial charge in [-0.1, -0.05) is 22.0 Å². The maximum absolute atomic E-state index is 11.8. The van der Waals surface area contributed by atoms with Gasteiger partial charge in [0.1, 0.15) is 11.3 Å². The van der Waals surface area contributed by atoms with Crippen LogP contribution < -0.4 is 10.6 Å². The maximum Gasteiger partial charge on any atom is 0.339 e. The molecule has 0 aliphatic rings. The van der Waals surface area contributed by atoms with Gasteiger partial charge in [-0.2, -0.15) is 0 Å². The Bertz CT molecular complexity index is 703. The van der Waals surface area contributed by atoms with E-state index in [-0.39, 0.29) is 17.0 Å². The lowest BCUT2D eigenvalue weighted by atomic mass is 10.2. The van der Waals surface area contributed by atoms with Gasteiger partial charge in [-0.15, -0.1) is 0 Å². The number of rotatable bonds is 3. The second kappa shape index (κ2) is 6.27. The summed E-state index contributed by atoms with van der Waals surface area (Å²) in [6.07, 6.45) is 0. The van der Waals surface area contributed by atoms with Gasteiger partial charge in [0.05, 0.1) is 0 Å². The number of aromatic hydroxyl groups is 1. The minimum Gasteiger partial charge on any atom is -0.507 e. The molecule has 2 aromatic carbocycles. The fourth-order valence-corrected chi connectivity index (χ4v) is 2.04. The quantitative estimate of drug-likeness (QED) is 0.636. The number of phenols is 1. The molecule has 0 saturated heterocycles. The van der Waals surface area contributed by atoms with Gasteiger partial charge in [0.25, 0.3) is 0 Å². The van der Waals surface area contributed by atoms with Gasteiger partial charge < -0.3 is 20.8 Å². The number of anilines is 2. The van der Waals surface area contributed by atoms with E-state index in [4.69, 9.17) is 5.11 Å². The van der Waals surface area contributed by atoms with Crippen molar-refractivity contribution < 1.29 is 19.8 Å². The first-order valence-corrected chi connectivity index (χ1v) is 6.65. The van der Waals surface area contributed by atoms with Crippen LogP contribution in [0.2, 0.25) is 0 Å². The summed E-state index contributed by atoms with van der Waals surface area (Å²) in [7, 11) is 0. The maximum atomic E-state index is 11.8. The molecule has 108 valence electrons. The molecule has 0 atom stereocenters. The molecule has 0 fully saturated rings. The number of nitrogens with one attached hydrogen (secondary N) is 2. The van der Waals surface area contributed by atoms with Crippen LogP contribution in [-0.4, -0.2) is 22.2 Å². The van der Waals surface area contributed by atoms with Gasteiger partial charge in [-0.25, -0.2) is 9.59 Å². The number of carbonyl (C=O) groups excluding carboxylic acids is 1. The van der Waals surface area contributed by atoms with Crippen LogP contribution in [0.3, 0.4) is 0 Å². The van der Waals surface area contributed by atoms with Crippen molar-refractivity contribution >= 4 is 39.3 Å². The number of carboxylic acids is 1. The summed E-state index contributed by atoms with van der Waals surface area (Å²) in [6.45, 7) is 0. The van der Waals surface area contributed by atoms with Crippen molar-refractivity contribution in [2.75, 3.05) is 10.6 Å². The lowest BCUT2D eigenvalue weighted by Crippen LogP contribution is -2.19. The summed E-state index contributed by atoms with van der Waals surface area (Å²) in [6, 6.07) is 10.3. The lowest BCUT2D eigenvalue weighted by molar-refractivity contribution is 0.0693. The van der Waals surface area contributed by atoms with Gasteiger partial charge in [-0.3, -0.25) is 0 Å². The summed E-state index contributed by atoms with van der Waals surface area (Å²) in [5, 5.41) is 23.4. The molecule has 6 nitrogen and oxygen atoms in total. The molecule has 0 spiro atoms. The van der Waals surface area contributed by atoms with Crippen LogP contribution in [0.15, 0.2) is 46.9 Å². The zero-order valence-corrected chi connectivity index (χ0v) is 12.2. The molecule has 21 heavy (non-hydrogen) atoms. The Balaban J connectivity index is 2.09. The number of carbonyl (C=O) groups is 2. The van der Waals surface area contributed by atoms with Gasteiger partial charge in [0.15, 0.2) is 0 Å². The molecule has 0 aliphatic carbocycles. The van der Waals surface area contributed by atoms with Crippen LogP contribution in [0.1, 0.15) is 10.4 Å². The SMILES string of the molecule is O=C(Nc1cccc(Br)c1)Nc1ccc(O)c(C(=O)O)c1. The van der Waals surface area contributed by atoms with E-state index in [0.717, 1.165) is 4.47 Å². The highest BCUT2D eigenvalue weighted by molar-refractivity contribution is 9.10. The predicted octanol–water partition coefficient (Wildman–Crippen LogP) is 3.50. The molecule has 0 heterocycles. The van der Waals surface area contributed by atoms with Gasteiger partial charge in [-0.05, 0) is 36.4 Å². The molecule has 0 aliphatic heterocycles. The molecule has 4 N–H and O–H groups in total. The third-order valence-corrected chi connectivity index (χ3v) is 3.06. The number of hydrogen-bond donors (Lipinski definition) is 4. The van der Waals surface area contributed by atoms with E-state index >= 15 is 0 Å². The van der Waals surface area contributed by atoms with E-state index in [0.29, 0.717) is 5.69 Å². The Morgan fingerprint density at radius 2 is 1.67 bits per heavy atom. The second-order valence-corrected chi connectivity index (χ2v) is 5.04. The minimum absolute atomic E-state index is 0.262. The molecule has 2 rings (SSSR count). The molecule has 0 saturated carbocycles. The van der Waals surface area contributed by atoms with Gasteiger partial charge in [0, 0.05) is 15.8 Å². The fraction of sp³-hybridized carbons (Fsp3) is 0. The van der Waals surface area contributed by atoms with Gasteiger partial charge >= 0.3 is 12.0 Å². The molecule has 0 bridgehead atoms. The van der Waals surface area contributed by atoms with Crippen LogP contribution >= 0.6 is 15.9 Å². The van der Waals surface area contributed by atoms with Crippen molar-refractivity contribution in [3.63, 3.8) is 0 Å². The summed E-state index contributed by atoms with van der Waals surface area (Å²) in [4.78, 5) is 22.7. The number of amides is 2. The normalized spacial score (nSPS) is 9.95. The molecule has 2 amide bonds. The number of aromatic carboxylic acids is 1. The number of halogens is 1. The second-order valence-electron chi connectivity index (χ2n) is 4.13. The molecule has 0 radical (unpaired) electrons. The Morgan fingerprint density at radius 1 is 1.00 bits per heavy atom. The van der Waals surface area contributed by atoms with Crippen molar-refractivity contribution in [2.24, 2.45) is 0 Å². The van der Waals surface area contributed by atoms with E-state index in [1.165, 1.54) is 18.2 Å². The number of carboxylic acid groups (broad SMARTS) is 1.